The van der Waals surface area contributed by atoms with Crippen LogP contribution in [0.4, 0.5) is 0 Å². The Labute approximate surface area is 438 Å². The summed E-state index contributed by atoms with van der Waals surface area (Å²) in [6.45, 7) is 3.59. The maximum Gasteiger partial charge on any atom is 0.243 e. The zero-order valence-electron chi connectivity index (χ0n) is 42.7. The number of aromatic nitrogens is 6. The van der Waals surface area contributed by atoms with Gasteiger partial charge in [-0.05, 0) is 55.7 Å². The minimum absolute atomic E-state index is 0.0474. The third kappa shape index (κ3) is 17.2. The molecule has 3 aromatic heterocycles. The van der Waals surface area contributed by atoms with Crippen LogP contribution in [0.3, 0.4) is 0 Å². The van der Waals surface area contributed by atoms with E-state index in [1.807, 2.05) is 31.2 Å². The minimum atomic E-state index is -1.36. The number of guanidine groups is 1. The summed E-state index contributed by atoms with van der Waals surface area (Å²) in [5, 5.41) is 28.6. The van der Waals surface area contributed by atoms with Crippen LogP contribution in [-0.4, -0.2) is 132 Å². The highest BCUT2D eigenvalue weighted by Gasteiger charge is 2.35. The van der Waals surface area contributed by atoms with Gasteiger partial charge in [0, 0.05) is 80.9 Å². The van der Waals surface area contributed by atoms with Crippen molar-refractivity contribution in [1.29, 1.82) is 0 Å². The van der Waals surface area contributed by atoms with Crippen LogP contribution in [0.5, 0.6) is 0 Å². The molecular formula is C51H69N17O8. The van der Waals surface area contributed by atoms with Crippen LogP contribution in [0.25, 0.3) is 10.9 Å². The molecule has 15 N–H and O–H groups in total. The lowest BCUT2D eigenvalue weighted by Crippen LogP contribution is -2.61. The highest BCUT2D eigenvalue weighted by atomic mass is 16.2. The Hall–Kier alpha value is -8.64. The largest absolute Gasteiger partial charge is 0.370 e. The van der Waals surface area contributed by atoms with Crippen molar-refractivity contribution in [2.75, 3.05) is 6.54 Å². The van der Waals surface area contributed by atoms with E-state index < -0.39 is 89.6 Å². The molecule has 0 aliphatic carbocycles. The summed E-state index contributed by atoms with van der Waals surface area (Å²) in [5.41, 5.74) is 19.9. The molecule has 0 fully saturated rings. The van der Waals surface area contributed by atoms with Crippen molar-refractivity contribution < 1.29 is 38.4 Å². The molecule has 2 bridgehead atoms. The number of nitrogens with one attached hydrogen (secondary N) is 9. The molecule has 0 unspecified atom stereocenters. The minimum Gasteiger partial charge on any atom is -0.370 e. The van der Waals surface area contributed by atoms with Gasteiger partial charge in [0.25, 0.3) is 0 Å². The van der Waals surface area contributed by atoms with Crippen LogP contribution < -0.4 is 54.4 Å². The fourth-order valence-electron chi connectivity index (χ4n) is 8.81. The molecule has 0 radical (unpaired) electrons. The molecule has 1 aliphatic rings. The molecule has 1 aliphatic heterocycles. The molecular weight excluding hydrogens is 979 g/mol. The van der Waals surface area contributed by atoms with Gasteiger partial charge >= 0.3 is 0 Å². The molecule has 0 saturated heterocycles. The lowest BCUT2D eigenvalue weighted by atomic mass is 10.0. The van der Waals surface area contributed by atoms with Gasteiger partial charge in [-0.15, -0.1) is 5.10 Å². The van der Waals surface area contributed by atoms with Crippen LogP contribution in [0.15, 0.2) is 84.5 Å². The smallest absolute Gasteiger partial charge is 0.243 e. The Morgan fingerprint density at radius 3 is 2.16 bits per heavy atom. The second kappa shape index (κ2) is 28.1. The van der Waals surface area contributed by atoms with Gasteiger partial charge in [-0.2, -0.15) is 0 Å². The number of benzene rings is 2. The van der Waals surface area contributed by atoms with Crippen molar-refractivity contribution in [3.63, 3.8) is 0 Å². The predicted molar refractivity (Wildman–Crippen MR) is 280 cm³/mol. The van der Waals surface area contributed by atoms with Gasteiger partial charge in [0.2, 0.25) is 47.3 Å². The maximum atomic E-state index is 14.8. The maximum absolute atomic E-state index is 14.8. The fourth-order valence-corrected chi connectivity index (χ4v) is 8.81. The molecule has 25 nitrogen and oxygen atoms in total. The number of amides is 8. The summed E-state index contributed by atoms with van der Waals surface area (Å²) in [6, 6.07) is 7.33. The molecule has 406 valence electrons. The summed E-state index contributed by atoms with van der Waals surface area (Å²) in [4.78, 5) is 126. The number of fused-ring (bicyclic) bond motifs is 3. The molecule has 4 heterocycles. The van der Waals surface area contributed by atoms with Gasteiger partial charge in [-0.1, -0.05) is 73.5 Å². The molecule has 5 aromatic rings. The first-order valence-electron chi connectivity index (χ1n) is 25.5. The summed E-state index contributed by atoms with van der Waals surface area (Å²) >= 11 is 0. The van der Waals surface area contributed by atoms with Gasteiger partial charge in [-0.3, -0.25) is 48.0 Å². The van der Waals surface area contributed by atoms with Crippen molar-refractivity contribution in [2.45, 2.75) is 140 Å². The Balaban J connectivity index is 1.39. The quantitative estimate of drug-likeness (QED) is 0.0305. The number of H-pyrrole nitrogens is 2. The van der Waals surface area contributed by atoms with E-state index in [4.69, 9.17) is 17.2 Å². The number of carbonyl (C=O) groups excluding carboxylic acids is 8. The van der Waals surface area contributed by atoms with Crippen LogP contribution in [0.2, 0.25) is 0 Å². The molecule has 7 atom stereocenters. The van der Waals surface area contributed by atoms with E-state index in [2.05, 4.69) is 67.5 Å². The van der Waals surface area contributed by atoms with Crippen molar-refractivity contribution in [1.82, 2.24) is 67.2 Å². The third-order valence-corrected chi connectivity index (χ3v) is 12.8. The summed E-state index contributed by atoms with van der Waals surface area (Å²) < 4.78 is 1.52. The predicted octanol–water partition coefficient (Wildman–Crippen LogP) is -0.920. The Morgan fingerprint density at radius 1 is 0.789 bits per heavy atom. The number of nitrogens with zero attached hydrogens (tertiary/aromatic N) is 5. The summed E-state index contributed by atoms with van der Waals surface area (Å²) in [6.07, 6.45) is 8.41. The number of imidazole rings is 1. The lowest BCUT2D eigenvalue weighted by Gasteiger charge is -2.28. The second-order valence-corrected chi connectivity index (χ2v) is 18.8. The highest BCUT2D eigenvalue weighted by molar-refractivity contribution is 5.98. The van der Waals surface area contributed by atoms with Gasteiger partial charge in [0.15, 0.2) is 5.96 Å². The van der Waals surface area contributed by atoms with E-state index in [9.17, 15) is 38.4 Å². The lowest BCUT2D eigenvalue weighted by molar-refractivity contribution is -0.135. The van der Waals surface area contributed by atoms with Gasteiger partial charge in [-0.25, -0.2) is 4.98 Å². The topological polar surface area (TPSA) is 386 Å². The zero-order valence-corrected chi connectivity index (χ0v) is 42.7. The third-order valence-electron chi connectivity index (χ3n) is 12.8. The van der Waals surface area contributed by atoms with E-state index in [0.717, 1.165) is 17.3 Å². The number of para-hydroxylation sites is 1. The molecule has 2 aromatic carbocycles. The SMILES string of the molecule is CCCC[C@H](NC(C)=O)C(=O)N[C@H]1CCCCn2cc(nn2)C[C@@H](C(N)=O)NC(=O)[C@H](Cc2c[nH]c3ccccc23)NC(=O)[C@H](CCCN=C(N)N)NC(=O)[C@@H](Cc2ccccc2)NC(=O)[C@H](Cc2cnc[nH]2)NC1=O. The zero-order chi connectivity index (χ0) is 54.6. The molecule has 6 rings (SSSR count). The first-order chi connectivity index (χ1) is 36.6. The van der Waals surface area contributed by atoms with Crippen LogP contribution >= 0.6 is 0 Å². The van der Waals surface area contributed by atoms with Crippen LogP contribution in [0.1, 0.15) is 87.7 Å². The standard InChI is InChI=1S/C51H69N17O8/c1-3-4-16-37(59-30(2)69)45(71)60-38-18-10-11-21-68-28-34(66-67-68)25-40(44(52)70)62-49(75)42(23-32-26-57-36-17-9-8-15-35(32)36)64-47(73)39(19-12-20-56-51(53)54)61-48(74)41(22-31-13-6-5-7-14-31)63-50(76)43(65-46(38)72)24-33-27-55-29-58-33/h5-9,13-15,17,26-29,37-43,57H,3-4,10-12,16,18-25H2,1-2H3,(H2,52,70)(H,55,58)(H,59,69)(H,60,71)(H,61,74)(H,62,75)(H,63,76)(H,64,73)(H,65,72)(H4,53,54,56)/t37-,38-,39-,40-,41+,42-,43-/m0/s1. The van der Waals surface area contributed by atoms with E-state index in [1.54, 1.807) is 42.7 Å². The number of nitrogens with two attached hydrogens (primary N) is 3. The van der Waals surface area contributed by atoms with E-state index in [1.165, 1.54) is 24.1 Å². The van der Waals surface area contributed by atoms with Gasteiger partial charge < -0.3 is 64.4 Å². The average Bonchev–Trinajstić information content (AvgIpc) is 4.18. The van der Waals surface area contributed by atoms with E-state index in [-0.39, 0.29) is 64.0 Å². The first kappa shape index (κ1) is 56.7. The highest BCUT2D eigenvalue weighted by Crippen LogP contribution is 2.20. The van der Waals surface area contributed by atoms with E-state index >= 15 is 0 Å². The Bertz CT molecular complexity index is 2790. The van der Waals surface area contributed by atoms with E-state index in [0.29, 0.717) is 48.2 Å². The fraction of sp³-hybridized carbons (Fsp3) is 0.451. The number of aromatic amines is 2. The number of aliphatic imine (C=N–C) groups is 1. The van der Waals surface area contributed by atoms with Crippen molar-refractivity contribution in [2.24, 2.45) is 22.2 Å². The number of hydrogen-bond acceptors (Lipinski definition) is 12. The number of hydrogen-bond donors (Lipinski definition) is 12. The molecule has 0 spiro atoms. The van der Waals surface area contributed by atoms with Gasteiger partial charge in [0.05, 0.1) is 12.0 Å². The van der Waals surface area contributed by atoms with Crippen molar-refractivity contribution in [3.05, 3.63) is 102 Å². The Kier molecular flexibility index (Phi) is 21.0. The number of unbranched alkanes of at least 4 members (excludes halogenated alkanes) is 1. The Morgan fingerprint density at radius 2 is 1.46 bits per heavy atom. The van der Waals surface area contributed by atoms with Gasteiger partial charge in [0.1, 0.15) is 42.3 Å². The number of aryl methyl sites for hydroxylation is 1. The number of carbonyl (C=O) groups is 8. The first-order valence-corrected chi connectivity index (χ1v) is 25.5. The van der Waals surface area contributed by atoms with Crippen molar-refractivity contribution >= 4 is 64.1 Å². The average molecular weight is 1050 g/mol. The van der Waals surface area contributed by atoms with Crippen molar-refractivity contribution in [3.8, 4) is 0 Å². The molecule has 76 heavy (non-hydrogen) atoms. The summed E-state index contributed by atoms with van der Waals surface area (Å²) in [5.74, 6) is -5.94. The molecule has 8 amide bonds. The summed E-state index contributed by atoms with van der Waals surface area (Å²) in [7, 11) is 0. The molecule has 25 heteroatoms. The second-order valence-electron chi connectivity index (χ2n) is 18.8. The van der Waals surface area contributed by atoms with Crippen LogP contribution in [-0.2, 0) is 70.6 Å². The number of primary amides is 1. The molecule has 0 saturated carbocycles. The normalized spacial score (nSPS) is 20.8. The number of rotatable bonds is 17. The van der Waals surface area contributed by atoms with Crippen LogP contribution in [0, 0.1) is 0 Å². The monoisotopic (exact) mass is 1050 g/mol.